The molecule has 0 radical (unpaired) electrons. The van der Waals surface area contributed by atoms with Gasteiger partial charge >= 0.3 is 5.97 Å². The van der Waals surface area contributed by atoms with E-state index in [0.29, 0.717) is 0 Å². The molecule has 4 aromatic carbocycles. The first kappa shape index (κ1) is 11.6. The predicted molar refractivity (Wildman–Crippen MR) is 89.0 cm³/mol. The van der Waals surface area contributed by atoms with E-state index >= 15 is 0 Å². The number of H-pyrrole nitrogens is 1. The van der Waals surface area contributed by atoms with Gasteiger partial charge in [0.15, 0.2) is 0 Å². The van der Waals surface area contributed by atoms with Crippen LogP contribution in [0.2, 0.25) is 0 Å². The number of aromatic nitrogens is 1. The van der Waals surface area contributed by atoms with Crippen molar-refractivity contribution in [2.45, 2.75) is 0 Å². The van der Waals surface area contributed by atoms with E-state index in [2.05, 4.69) is 47.4 Å². The molecule has 0 saturated heterocycles. The van der Waals surface area contributed by atoms with Crippen LogP contribution in [0.4, 0.5) is 0 Å². The summed E-state index contributed by atoms with van der Waals surface area (Å²) in [5.41, 5.74) is 1.09. The van der Waals surface area contributed by atoms with E-state index < -0.39 is 5.97 Å². The summed E-state index contributed by atoms with van der Waals surface area (Å²) in [4.78, 5) is 14.2. The summed E-state index contributed by atoms with van der Waals surface area (Å²) >= 11 is 0. The van der Waals surface area contributed by atoms with Crippen molar-refractivity contribution in [3.63, 3.8) is 0 Å². The summed E-state index contributed by atoms with van der Waals surface area (Å²) in [6, 6.07) is 18.5. The standard InChI is InChI=1S/C19H11NO2/c21-19(22)16-9-14-13-7-6-11-3-1-2-10-4-5-12(8-15(14)20-16)18(13)17(10)11/h1-9,20H,(H,21,22). The highest BCUT2D eigenvalue weighted by Crippen LogP contribution is 2.38. The Labute approximate surface area is 125 Å². The minimum Gasteiger partial charge on any atom is -0.477 e. The number of aromatic amines is 1. The Morgan fingerprint density at radius 1 is 0.818 bits per heavy atom. The van der Waals surface area contributed by atoms with E-state index in [9.17, 15) is 9.90 Å². The van der Waals surface area contributed by atoms with Crippen LogP contribution in [0.3, 0.4) is 0 Å². The Morgan fingerprint density at radius 3 is 2.32 bits per heavy atom. The predicted octanol–water partition coefficient (Wildman–Crippen LogP) is 4.76. The van der Waals surface area contributed by atoms with Crippen LogP contribution in [0.25, 0.3) is 43.2 Å². The van der Waals surface area contributed by atoms with Gasteiger partial charge in [-0.2, -0.15) is 0 Å². The molecule has 0 bridgehead atoms. The minimum atomic E-state index is -0.933. The number of rotatable bonds is 1. The Hall–Kier alpha value is -3.07. The molecule has 5 rings (SSSR count). The van der Waals surface area contributed by atoms with Gasteiger partial charge in [-0.25, -0.2) is 4.79 Å². The molecule has 5 aromatic rings. The zero-order valence-electron chi connectivity index (χ0n) is 11.6. The van der Waals surface area contributed by atoms with Crippen LogP contribution in [-0.4, -0.2) is 16.1 Å². The number of fused-ring (bicyclic) bond motifs is 2. The fourth-order valence-electron chi connectivity index (χ4n) is 3.53. The van der Waals surface area contributed by atoms with Crippen molar-refractivity contribution in [2.24, 2.45) is 0 Å². The molecule has 0 spiro atoms. The Kier molecular flexibility index (Phi) is 1.98. The van der Waals surface area contributed by atoms with Crippen molar-refractivity contribution in [3.8, 4) is 0 Å². The van der Waals surface area contributed by atoms with Crippen LogP contribution in [0, 0.1) is 0 Å². The van der Waals surface area contributed by atoms with Gasteiger partial charge in [-0.15, -0.1) is 0 Å². The van der Waals surface area contributed by atoms with Crippen molar-refractivity contribution in [1.82, 2.24) is 4.98 Å². The molecule has 22 heavy (non-hydrogen) atoms. The van der Waals surface area contributed by atoms with Gasteiger partial charge in [0.2, 0.25) is 0 Å². The minimum absolute atomic E-state index is 0.227. The summed E-state index contributed by atoms with van der Waals surface area (Å²) in [5, 5.41) is 17.3. The zero-order chi connectivity index (χ0) is 14.8. The number of carboxylic acid groups (broad SMARTS) is 1. The van der Waals surface area contributed by atoms with Crippen LogP contribution < -0.4 is 0 Å². The maximum absolute atomic E-state index is 11.2. The van der Waals surface area contributed by atoms with Gasteiger partial charge in [0.05, 0.1) is 0 Å². The SMILES string of the molecule is O=C(O)c1cc2c(cc3ccc4cccc5ccc2c3c45)[nH]1. The molecule has 0 aliphatic carbocycles. The summed E-state index contributed by atoms with van der Waals surface area (Å²) in [7, 11) is 0. The normalized spacial score (nSPS) is 12.0. The number of hydrogen-bond acceptors (Lipinski definition) is 1. The summed E-state index contributed by atoms with van der Waals surface area (Å²) in [6.45, 7) is 0. The fraction of sp³-hybridized carbons (Fsp3) is 0. The number of hydrogen-bond donors (Lipinski definition) is 2. The largest absolute Gasteiger partial charge is 0.477 e. The molecular formula is C19H11NO2. The van der Waals surface area contributed by atoms with Gasteiger partial charge in [-0.3, -0.25) is 0 Å². The topological polar surface area (TPSA) is 53.1 Å². The molecule has 0 saturated carbocycles. The molecule has 1 heterocycles. The van der Waals surface area contributed by atoms with Crippen molar-refractivity contribution >= 4 is 49.2 Å². The molecule has 2 N–H and O–H groups in total. The number of benzene rings is 4. The highest BCUT2D eigenvalue weighted by molar-refractivity contribution is 6.28. The summed E-state index contributed by atoms with van der Waals surface area (Å²) < 4.78 is 0. The van der Waals surface area contributed by atoms with E-state index in [1.54, 1.807) is 6.07 Å². The molecule has 104 valence electrons. The second kappa shape index (κ2) is 3.77. The average molecular weight is 285 g/mol. The second-order valence-corrected chi connectivity index (χ2v) is 5.68. The molecule has 0 aliphatic heterocycles. The fourth-order valence-corrected chi connectivity index (χ4v) is 3.53. The molecule has 0 unspecified atom stereocenters. The number of nitrogens with one attached hydrogen (secondary N) is 1. The highest BCUT2D eigenvalue weighted by Gasteiger charge is 2.14. The third-order valence-corrected chi connectivity index (χ3v) is 4.48. The monoisotopic (exact) mass is 285 g/mol. The number of carboxylic acids is 1. The van der Waals surface area contributed by atoms with Crippen LogP contribution in [-0.2, 0) is 0 Å². The lowest BCUT2D eigenvalue weighted by Gasteiger charge is -2.11. The number of aromatic carboxylic acids is 1. The first-order valence-electron chi connectivity index (χ1n) is 7.15. The van der Waals surface area contributed by atoms with Gasteiger partial charge in [-0.1, -0.05) is 42.5 Å². The van der Waals surface area contributed by atoms with Gasteiger partial charge in [-0.05, 0) is 44.5 Å². The maximum atomic E-state index is 11.2. The third kappa shape index (κ3) is 1.33. The van der Waals surface area contributed by atoms with Crippen LogP contribution in [0.5, 0.6) is 0 Å². The lowest BCUT2D eigenvalue weighted by atomic mass is 9.93. The van der Waals surface area contributed by atoms with Crippen molar-refractivity contribution in [2.75, 3.05) is 0 Å². The molecule has 0 aliphatic rings. The van der Waals surface area contributed by atoms with Gasteiger partial charge in [0, 0.05) is 10.9 Å². The van der Waals surface area contributed by atoms with Gasteiger partial charge in [0.1, 0.15) is 5.69 Å². The van der Waals surface area contributed by atoms with Crippen molar-refractivity contribution < 1.29 is 9.90 Å². The zero-order valence-corrected chi connectivity index (χ0v) is 11.6. The molecule has 0 atom stereocenters. The highest BCUT2D eigenvalue weighted by atomic mass is 16.4. The van der Waals surface area contributed by atoms with Crippen LogP contribution >= 0.6 is 0 Å². The van der Waals surface area contributed by atoms with E-state index in [4.69, 9.17) is 0 Å². The number of carbonyl (C=O) groups is 1. The molecule has 1 aromatic heterocycles. The van der Waals surface area contributed by atoms with Gasteiger partial charge in [0.25, 0.3) is 0 Å². The quantitative estimate of drug-likeness (QED) is 0.436. The summed E-state index contributed by atoms with van der Waals surface area (Å²) in [5.74, 6) is -0.933. The summed E-state index contributed by atoms with van der Waals surface area (Å²) in [6.07, 6.45) is 0. The lowest BCUT2D eigenvalue weighted by Crippen LogP contribution is -1.94. The Morgan fingerprint density at radius 2 is 1.55 bits per heavy atom. The van der Waals surface area contributed by atoms with E-state index in [1.165, 1.54) is 21.5 Å². The molecule has 0 fully saturated rings. The molecule has 3 heteroatoms. The third-order valence-electron chi connectivity index (χ3n) is 4.48. The first-order valence-corrected chi connectivity index (χ1v) is 7.15. The Balaban J connectivity index is 2.11. The molecular weight excluding hydrogens is 274 g/mol. The maximum Gasteiger partial charge on any atom is 0.352 e. The van der Waals surface area contributed by atoms with E-state index in [0.717, 1.165) is 21.7 Å². The average Bonchev–Trinajstić information content (AvgIpc) is 2.96. The Bertz CT molecular complexity index is 1180. The van der Waals surface area contributed by atoms with Crippen LogP contribution in [0.1, 0.15) is 10.5 Å². The van der Waals surface area contributed by atoms with Crippen LogP contribution in [0.15, 0.2) is 54.6 Å². The molecule has 0 amide bonds. The smallest absolute Gasteiger partial charge is 0.352 e. The first-order chi connectivity index (χ1) is 10.7. The second-order valence-electron chi connectivity index (χ2n) is 5.68. The van der Waals surface area contributed by atoms with Gasteiger partial charge < -0.3 is 10.1 Å². The van der Waals surface area contributed by atoms with E-state index in [1.807, 2.05) is 6.07 Å². The molecule has 3 nitrogen and oxygen atoms in total. The lowest BCUT2D eigenvalue weighted by molar-refractivity contribution is 0.0691. The van der Waals surface area contributed by atoms with Crippen molar-refractivity contribution in [3.05, 3.63) is 60.3 Å². The van der Waals surface area contributed by atoms with E-state index in [-0.39, 0.29) is 5.69 Å². The van der Waals surface area contributed by atoms with Crippen molar-refractivity contribution in [1.29, 1.82) is 0 Å².